The van der Waals surface area contributed by atoms with Crippen molar-refractivity contribution in [3.8, 4) is 0 Å². The third kappa shape index (κ3) is 13.8. The predicted molar refractivity (Wildman–Crippen MR) is 284 cm³/mol. The van der Waals surface area contributed by atoms with Gasteiger partial charge in [0.1, 0.15) is 6.15 Å². The minimum absolute atomic E-state index is 0.691. The number of fused-ring (bicyclic) bond motifs is 3. The standard InChI is InChI=1S/C32H12BF24.C31H24N/c34-25(35,36)13-1-14(26(37,38)39)6-21(5-13)33(22-7-15(27(40,41)42)2-16(8-22)28(43,44)45,23-9-17(29(46,47)48)3-18(10-23)30(49,50)51)24-11-19(31(52,53)54)4-20(12-24)32(55,56)57;1-2-10-23(11-3-1)22-32-19-18-24-12-4-9-17-29(24)31(32)21-30-27-15-7-5-13-25(27)20-26-14-6-8-16-28(26)30/h1-12H;1-20H,21-22H2/q-1;+1. The van der Waals surface area contributed by atoms with Gasteiger partial charge in [-0.2, -0.15) is 132 Å². The van der Waals surface area contributed by atoms with Crippen LogP contribution in [0.5, 0.6) is 0 Å². The van der Waals surface area contributed by atoms with Crippen molar-refractivity contribution in [2.24, 2.45) is 0 Å². The number of nitrogens with zero attached hydrogens (tertiary/aromatic N) is 1. The van der Waals surface area contributed by atoms with E-state index in [0.717, 1.165) is 13.0 Å². The van der Waals surface area contributed by atoms with Gasteiger partial charge in [0.05, 0.1) is 50.9 Å². The molecule has 0 aliphatic heterocycles. The predicted octanol–water partition coefficient (Wildman–Crippen LogP) is 18.3. The van der Waals surface area contributed by atoms with Crippen LogP contribution in [0.4, 0.5) is 105 Å². The van der Waals surface area contributed by atoms with Crippen LogP contribution < -0.4 is 26.4 Å². The van der Waals surface area contributed by atoms with Crippen molar-refractivity contribution in [2.45, 2.75) is 62.4 Å². The van der Waals surface area contributed by atoms with Crippen molar-refractivity contribution < 1.29 is 110 Å². The highest BCUT2D eigenvalue weighted by atomic mass is 19.4. The largest absolute Gasteiger partial charge is 0.416 e. The molecule has 464 valence electrons. The van der Waals surface area contributed by atoms with Crippen molar-refractivity contribution in [3.05, 3.63) is 256 Å². The first-order valence-corrected chi connectivity index (χ1v) is 25.8. The quantitative estimate of drug-likeness (QED) is 0.0618. The Morgan fingerprint density at radius 3 is 0.843 bits per heavy atom. The molecule has 10 rings (SSSR count). The second-order valence-corrected chi connectivity index (χ2v) is 20.7. The minimum atomic E-state index is -6.13. The second kappa shape index (κ2) is 23.0. The molecule has 0 aliphatic rings. The van der Waals surface area contributed by atoms with Gasteiger partial charge in [-0.25, -0.2) is 0 Å². The Labute approximate surface area is 487 Å². The Morgan fingerprint density at radius 1 is 0.270 bits per heavy atom. The summed E-state index contributed by atoms with van der Waals surface area (Å²) in [6.45, 7) is 0.865. The second-order valence-electron chi connectivity index (χ2n) is 20.7. The molecule has 89 heavy (non-hydrogen) atoms. The Morgan fingerprint density at radius 2 is 0.539 bits per heavy atom. The highest BCUT2D eigenvalue weighted by Crippen LogP contribution is 2.42. The van der Waals surface area contributed by atoms with Gasteiger partial charge in [-0.15, -0.1) is 0 Å². The minimum Gasteiger partial charge on any atom is -0.197 e. The summed E-state index contributed by atoms with van der Waals surface area (Å²) in [5, 5.41) is 7.89. The zero-order valence-electron chi connectivity index (χ0n) is 44.5. The van der Waals surface area contributed by atoms with Crippen molar-refractivity contribution in [1.29, 1.82) is 0 Å². The van der Waals surface area contributed by atoms with E-state index in [9.17, 15) is 105 Å². The molecule has 1 aromatic heterocycles. The molecule has 0 fully saturated rings. The van der Waals surface area contributed by atoms with E-state index in [1.807, 2.05) is 0 Å². The monoisotopic (exact) mass is 1270 g/mol. The number of hydrogen-bond acceptors (Lipinski definition) is 0. The smallest absolute Gasteiger partial charge is 0.197 e. The van der Waals surface area contributed by atoms with Crippen LogP contribution in [0.2, 0.25) is 0 Å². The number of hydrogen-bond donors (Lipinski definition) is 0. The third-order valence-electron chi connectivity index (χ3n) is 14.9. The van der Waals surface area contributed by atoms with Crippen LogP contribution in [0, 0.1) is 0 Å². The molecule has 1 nitrogen and oxygen atoms in total. The molecule has 0 saturated carbocycles. The molecule has 0 N–H and O–H groups in total. The van der Waals surface area contributed by atoms with E-state index in [-0.39, 0.29) is 0 Å². The SMILES string of the molecule is FC(F)(F)c1cc([B-](c2cc(C(F)(F)F)cc(C(F)(F)F)c2)(c2cc(C(F)(F)F)cc(C(F)(F)F)c2)c2cc(C(F)(F)F)cc(C(F)(F)F)c2)cc(C(F)(F)F)c1.c1ccc(C[n+]2ccc3ccccc3c2Cc2c3ccccc3cc3ccccc23)cc1. The summed E-state index contributed by atoms with van der Waals surface area (Å²) in [6, 6.07) is 32.8. The summed E-state index contributed by atoms with van der Waals surface area (Å²) in [5.74, 6) is 0. The van der Waals surface area contributed by atoms with Crippen molar-refractivity contribution in [3.63, 3.8) is 0 Å². The average Bonchev–Trinajstić information content (AvgIpc) is 0.717. The van der Waals surface area contributed by atoms with E-state index in [1.165, 1.54) is 49.1 Å². The van der Waals surface area contributed by atoms with Crippen LogP contribution in [0.3, 0.4) is 0 Å². The van der Waals surface area contributed by atoms with Crippen LogP contribution >= 0.6 is 0 Å². The van der Waals surface area contributed by atoms with Crippen LogP contribution in [0.15, 0.2) is 194 Å². The number of benzene rings is 9. The number of pyridine rings is 1. The molecule has 0 spiro atoms. The van der Waals surface area contributed by atoms with E-state index in [4.69, 9.17) is 0 Å². The summed E-state index contributed by atoms with van der Waals surface area (Å²) in [4.78, 5) is 0. The van der Waals surface area contributed by atoms with Gasteiger partial charge in [-0.3, -0.25) is 0 Å². The van der Waals surface area contributed by atoms with E-state index in [0.29, 0.717) is 0 Å². The molecule has 0 unspecified atom stereocenters. The molecule has 0 amide bonds. The van der Waals surface area contributed by atoms with E-state index in [1.54, 1.807) is 0 Å². The molecule has 0 aliphatic carbocycles. The summed E-state index contributed by atoms with van der Waals surface area (Å²) in [6.07, 6.45) is -51.7. The first-order valence-electron chi connectivity index (χ1n) is 25.8. The molecular formula is C63H36BF24N. The van der Waals surface area contributed by atoms with Gasteiger partial charge in [0.25, 0.3) is 0 Å². The maximum Gasteiger partial charge on any atom is 0.416 e. The summed E-state index contributed by atoms with van der Waals surface area (Å²) in [7, 11) is 0. The van der Waals surface area contributed by atoms with Gasteiger partial charge in [0, 0.05) is 17.0 Å². The van der Waals surface area contributed by atoms with E-state index < -0.39 is 195 Å². The van der Waals surface area contributed by atoms with Crippen LogP contribution in [0.1, 0.15) is 61.3 Å². The third-order valence-corrected chi connectivity index (χ3v) is 14.9. The lowest BCUT2D eigenvalue weighted by atomic mass is 9.12. The topological polar surface area (TPSA) is 3.88 Å². The fraction of sp³-hybridized carbons (Fsp3) is 0.159. The molecule has 0 atom stereocenters. The van der Waals surface area contributed by atoms with Crippen LogP contribution in [-0.2, 0) is 62.4 Å². The Bertz CT molecular complexity index is 3770. The van der Waals surface area contributed by atoms with Crippen LogP contribution in [0.25, 0.3) is 32.3 Å². The lowest BCUT2D eigenvalue weighted by Gasteiger charge is -2.46. The Kier molecular flexibility index (Phi) is 16.8. The Hall–Kier alpha value is -8.71. The molecule has 0 radical (unpaired) electrons. The van der Waals surface area contributed by atoms with Gasteiger partial charge in [-0.1, -0.05) is 146 Å². The van der Waals surface area contributed by atoms with Gasteiger partial charge in [-0.05, 0) is 68.9 Å². The van der Waals surface area contributed by atoms with Crippen LogP contribution in [-0.4, -0.2) is 6.15 Å². The molecule has 1 heterocycles. The molecule has 10 aromatic rings. The molecule has 9 aromatic carbocycles. The summed E-state index contributed by atoms with van der Waals surface area (Å²) >= 11 is 0. The number of aromatic nitrogens is 1. The zero-order chi connectivity index (χ0) is 65.2. The van der Waals surface area contributed by atoms with Crippen molar-refractivity contribution >= 4 is 60.3 Å². The zero-order valence-corrected chi connectivity index (χ0v) is 44.5. The molecule has 0 bridgehead atoms. The highest BCUT2D eigenvalue weighted by Gasteiger charge is 2.47. The first kappa shape index (κ1) is 64.8. The van der Waals surface area contributed by atoms with Gasteiger partial charge in [0.15, 0.2) is 18.4 Å². The van der Waals surface area contributed by atoms with Gasteiger partial charge < -0.3 is 0 Å². The maximum atomic E-state index is 14.2. The number of rotatable bonds is 8. The average molecular weight is 1270 g/mol. The Balaban J connectivity index is 0.000000245. The fourth-order valence-electron chi connectivity index (χ4n) is 11.0. The molecule has 0 saturated heterocycles. The first-order chi connectivity index (χ1) is 41.1. The fourth-order valence-corrected chi connectivity index (χ4v) is 11.0. The maximum absolute atomic E-state index is 14.2. The number of halogens is 24. The van der Waals surface area contributed by atoms with E-state index in [2.05, 4.69) is 126 Å². The summed E-state index contributed by atoms with van der Waals surface area (Å²) < 4.78 is 343. The van der Waals surface area contributed by atoms with Crippen molar-refractivity contribution in [2.75, 3.05) is 0 Å². The molecule has 26 heteroatoms. The normalized spacial score (nSPS) is 13.3. The van der Waals surface area contributed by atoms with Gasteiger partial charge >= 0.3 is 49.4 Å². The number of alkyl halides is 24. The lowest BCUT2D eigenvalue weighted by molar-refractivity contribution is -0.693. The lowest BCUT2D eigenvalue weighted by Crippen LogP contribution is -2.75. The summed E-state index contributed by atoms with van der Waals surface area (Å²) in [5.41, 5.74) is -26.1. The van der Waals surface area contributed by atoms with Crippen molar-refractivity contribution in [1.82, 2.24) is 0 Å². The van der Waals surface area contributed by atoms with Gasteiger partial charge in [0.2, 0.25) is 0 Å². The van der Waals surface area contributed by atoms with E-state index >= 15 is 0 Å². The highest BCUT2D eigenvalue weighted by molar-refractivity contribution is 7.20. The molecular weight excluding hydrogens is 1240 g/mol.